The molecule has 0 atom stereocenters. The minimum absolute atomic E-state index is 0.293. The molecular formula is C20H14FN3O. The first-order valence-electron chi connectivity index (χ1n) is 7.81. The number of nitrogens with one attached hydrogen (secondary N) is 2. The second-order valence-corrected chi connectivity index (χ2v) is 5.64. The fraction of sp³-hybridized carbons (Fsp3) is 0. The lowest BCUT2D eigenvalue weighted by Gasteiger charge is -2.05. The Morgan fingerprint density at radius 3 is 2.48 bits per heavy atom. The topological polar surface area (TPSA) is 57.8 Å². The molecule has 1 aromatic heterocycles. The number of hydrogen-bond donors (Lipinski definition) is 2. The zero-order valence-corrected chi connectivity index (χ0v) is 13.2. The summed E-state index contributed by atoms with van der Waals surface area (Å²) in [6.07, 6.45) is 0. The van der Waals surface area contributed by atoms with Crippen molar-refractivity contribution in [2.24, 2.45) is 0 Å². The van der Waals surface area contributed by atoms with Gasteiger partial charge in [0, 0.05) is 16.8 Å². The average Bonchev–Trinajstić information content (AvgIpc) is 3.06. The van der Waals surface area contributed by atoms with Gasteiger partial charge in [0.2, 0.25) is 0 Å². The van der Waals surface area contributed by atoms with Crippen molar-refractivity contribution in [3.8, 4) is 11.4 Å². The van der Waals surface area contributed by atoms with Gasteiger partial charge in [0.1, 0.15) is 11.6 Å². The molecule has 2 N–H and O–H groups in total. The molecule has 0 aliphatic heterocycles. The summed E-state index contributed by atoms with van der Waals surface area (Å²) in [5, 5.41) is 2.80. The van der Waals surface area contributed by atoms with Crippen molar-refractivity contribution in [3.63, 3.8) is 0 Å². The van der Waals surface area contributed by atoms with Crippen LogP contribution in [-0.4, -0.2) is 15.9 Å². The van der Waals surface area contributed by atoms with Crippen LogP contribution in [0.25, 0.3) is 22.4 Å². The SMILES string of the molecule is O=C(Nc1ccc2[nH]c(-c3ccccc3)nc2c1)c1ccc(F)cc1. The molecule has 0 saturated carbocycles. The van der Waals surface area contributed by atoms with Crippen LogP contribution in [0.15, 0.2) is 72.8 Å². The molecule has 25 heavy (non-hydrogen) atoms. The molecule has 0 fully saturated rings. The van der Waals surface area contributed by atoms with Crippen LogP contribution in [0.3, 0.4) is 0 Å². The van der Waals surface area contributed by atoms with Gasteiger partial charge in [0.05, 0.1) is 11.0 Å². The molecule has 122 valence electrons. The molecule has 0 saturated heterocycles. The number of carbonyl (C=O) groups excluding carboxylic acids is 1. The number of fused-ring (bicyclic) bond motifs is 1. The maximum atomic E-state index is 13.0. The van der Waals surface area contributed by atoms with E-state index in [0.29, 0.717) is 11.3 Å². The number of amides is 1. The standard InChI is InChI=1S/C20H14FN3O/c21-15-8-6-14(7-9-15)20(25)22-16-10-11-17-18(12-16)24-19(23-17)13-4-2-1-3-5-13/h1-12H,(H,22,25)(H,23,24). The number of anilines is 1. The van der Waals surface area contributed by atoms with E-state index in [9.17, 15) is 9.18 Å². The summed E-state index contributed by atoms with van der Waals surface area (Å²) in [6, 6.07) is 20.7. The zero-order chi connectivity index (χ0) is 17.2. The molecule has 1 heterocycles. The van der Waals surface area contributed by atoms with Crippen LogP contribution in [0, 0.1) is 5.82 Å². The van der Waals surface area contributed by atoms with Crippen LogP contribution >= 0.6 is 0 Å². The lowest BCUT2D eigenvalue weighted by molar-refractivity contribution is 0.102. The molecule has 4 aromatic rings. The first kappa shape index (κ1) is 15.1. The van der Waals surface area contributed by atoms with Crippen molar-refractivity contribution in [1.82, 2.24) is 9.97 Å². The van der Waals surface area contributed by atoms with Crippen LogP contribution < -0.4 is 5.32 Å². The van der Waals surface area contributed by atoms with Crippen LogP contribution in [0.2, 0.25) is 0 Å². The predicted octanol–water partition coefficient (Wildman–Crippen LogP) is 4.62. The Hall–Kier alpha value is -3.47. The van der Waals surface area contributed by atoms with Gasteiger partial charge in [-0.1, -0.05) is 30.3 Å². The monoisotopic (exact) mass is 331 g/mol. The Bertz CT molecular complexity index is 1040. The fourth-order valence-electron chi connectivity index (χ4n) is 2.62. The molecule has 5 heteroatoms. The molecule has 0 bridgehead atoms. The highest BCUT2D eigenvalue weighted by molar-refractivity contribution is 6.05. The molecule has 0 aliphatic rings. The Balaban J connectivity index is 1.61. The Morgan fingerprint density at radius 2 is 1.72 bits per heavy atom. The van der Waals surface area contributed by atoms with E-state index in [0.717, 1.165) is 22.4 Å². The average molecular weight is 331 g/mol. The quantitative estimate of drug-likeness (QED) is 0.575. The molecule has 0 radical (unpaired) electrons. The van der Waals surface area contributed by atoms with Crippen LogP contribution in [-0.2, 0) is 0 Å². The van der Waals surface area contributed by atoms with Gasteiger partial charge in [-0.05, 0) is 42.5 Å². The van der Waals surface area contributed by atoms with Gasteiger partial charge in [-0.2, -0.15) is 0 Å². The van der Waals surface area contributed by atoms with Crippen LogP contribution in [0.4, 0.5) is 10.1 Å². The first-order valence-corrected chi connectivity index (χ1v) is 7.81. The summed E-state index contributed by atoms with van der Waals surface area (Å²) >= 11 is 0. The van der Waals surface area contributed by atoms with E-state index in [-0.39, 0.29) is 11.7 Å². The van der Waals surface area contributed by atoms with E-state index in [1.54, 1.807) is 12.1 Å². The van der Waals surface area contributed by atoms with Crippen molar-refractivity contribution < 1.29 is 9.18 Å². The lowest BCUT2D eigenvalue weighted by Crippen LogP contribution is -2.11. The van der Waals surface area contributed by atoms with E-state index < -0.39 is 0 Å². The van der Waals surface area contributed by atoms with E-state index in [1.165, 1.54) is 24.3 Å². The van der Waals surface area contributed by atoms with Crippen LogP contribution in [0.1, 0.15) is 10.4 Å². The summed E-state index contributed by atoms with van der Waals surface area (Å²) in [7, 11) is 0. The smallest absolute Gasteiger partial charge is 0.255 e. The number of halogens is 1. The number of benzene rings is 3. The van der Waals surface area contributed by atoms with Gasteiger partial charge < -0.3 is 10.3 Å². The minimum atomic E-state index is -0.372. The Morgan fingerprint density at radius 1 is 0.960 bits per heavy atom. The molecule has 1 amide bonds. The molecular weight excluding hydrogens is 317 g/mol. The second-order valence-electron chi connectivity index (χ2n) is 5.64. The summed E-state index contributed by atoms with van der Waals surface area (Å²) in [5.74, 6) is 0.110. The summed E-state index contributed by atoms with van der Waals surface area (Å²) in [5.41, 5.74) is 3.67. The van der Waals surface area contributed by atoms with Gasteiger partial charge in [0.15, 0.2) is 0 Å². The number of aromatic amines is 1. The van der Waals surface area contributed by atoms with Gasteiger partial charge in [-0.3, -0.25) is 4.79 Å². The highest BCUT2D eigenvalue weighted by Crippen LogP contribution is 2.23. The van der Waals surface area contributed by atoms with Crippen molar-refractivity contribution >= 4 is 22.6 Å². The van der Waals surface area contributed by atoms with E-state index >= 15 is 0 Å². The van der Waals surface area contributed by atoms with E-state index in [2.05, 4.69) is 15.3 Å². The molecule has 4 rings (SSSR count). The normalized spacial score (nSPS) is 10.8. The largest absolute Gasteiger partial charge is 0.338 e. The third-order valence-corrected chi connectivity index (χ3v) is 3.89. The number of rotatable bonds is 3. The maximum absolute atomic E-state index is 13.0. The number of imidazole rings is 1. The van der Waals surface area contributed by atoms with Crippen molar-refractivity contribution in [1.29, 1.82) is 0 Å². The number of H-pyrrole nitrogens is 1. The van der Waals surface area contributed by atoms with Gasteiger partial charge in [0.25, 0.3) is 5.91 Å². The van der Waals surface area contributed by atoms with E-state index in [4.69, 9.17) is 0 Å². The van der Waals surface area contributed by atoms with Gasteiger partial charge in [-0.15, -0.1) is 0 Å². The third kappa shape index (κ3) is 3.12. The molecule has 0 unspecified atom stereocenters. The molecule has 3 aromatic carbocycles. The third-order valence-electron chi connectivity index (χ3n) is 3.89. The van der Waals surface area contributed by atoms with Crippen LogP contribution in [0.5, 0.6) is 0 Å². The lowest BCUT2D eigenvalue weighted by atomic mass is 10.2. The second kappa shape index (κ2) is 6.20. The summed E-state index contributed by atoms with van der Waals surface area (Å²) < 4.78 is 13.0. The van der Waals surface area contributed by atoms with Crippen molar-refractivity contribution in [3.05, 3.63) is 84.2 Å². The Labute approximate surface area is 143 Å². The summed E-state index contributed by atoms with van der Waals surface area (Å²) in [4.78, 5) is 20.1. The minimum Gasteiger partial charge on any atom is -0.338 e. The molecule has 4 nitrogen and oxygen atoms in total. The fourth-order valence-corrected chi connectivity index (χ4v) is 2.62. The zero-order valence-electron chi connectivity index (χ0n) is 13.2. The highest BCUT2D eigenvalue weighted by Gasteiger charge is 2.09. The number of hydrogen-bond acceptors (Lipinski definition) is 2. The van der Waals surface area contributed by atoms with E-state index in [1.807, 2.05) is 36.4 Å². The number of nitrogens with zero attached hydrogens (tertiary/aromatic N) is 1. The number of carbonyl (C=O) groups is 1. The summed E-state index contributed by atoms with van der Waals surface area (Å²) in [6.45, 7) is 0. The number of aromatic nitrogens is 2. The highest BCUT2D eigenvalue weighted by atomic mass is 19.1. The molecule has 0 aliphatic carbocycles. The molecule has 0 spiro atoms. The van der Waals surface area contributed by atoms with Crippen molar-refractivity contribution in [2.45, 2.75) is 0 Å². The van der Waals surface area contributed by atoms with Crippen molar-refractivity contribution in [2.75, 3.05) is 5.32 Å². The predicted molar refractivity (Wildman–Crippen MR) is 95.9 cm³/mol. The Kier molecular flexibility index (Phi) is 3.74. The van der Waals surface area contributed by atoms with Gasteiger partial charge in [-0.25, -0.2) is 9.37 Å². The maximum Gasteiger partial charge on any atom is 0.255 e. The first-order chi connectivity index (χ1) is 12.2. The van der Waals surface area contributed by atoms with Gasteiger partial charge >= 0.3 is 0 Å².